The molecule has 0 radical (unpaired) electrons. The van der Waals surface area contributed by atoms with Gasteiger partial charge in [-0.2, -0.15) is 12.6 Å². The van der Waals surface area contributed by atoms with Crippen molar-refractivity contribution in [3.8, 4) is 0 Å². The van der Waals surface area contributed by atoms with Crippen molar-refractivity contribution in [2.24, 2.45) is 0 Å². The summed E-state index contributed by atoms with van der Waals surface area (Å²) in [5.74, 6) is 0.814. The van der Waals surface area contributed by atoms with Crippen LogP contribution >= 0.6 is 35.8 Å². The van der Waals surface area contributed by atoms with Crippen molar-refractivity contribution in [3.05, 3.63) is 27.7 Å². The fourth-order valence-electron chi connectivity index (χ4n) is 1.11. The summed E-state index contributed by atoms with van der Waals surface area (Å²) in [7, 11) is 1.00. The van der Waals surface area contributed by atoms with Crippen LogP contribution in [0, 0.1) is 0 Å². The van der Waals surface area contributed by atoms with Crippen molar-refractivity contribution in [1.29, 1.82) is 0 Å². The molecule has 0 aromatic heterocycles. The molecule has 1 aromatic carbocycles. The van der Waals surface area contributed by atoms with Gasteiger partial charge in [0, 0.05) is 24.9 Å². The molecular formula is C11H15Cl2NO2S. The highest BCUT2D eigenvalue weighted by atomic mass is 35.5. The molecule has 0 aliphatic rings. The zero-order chi connectivity index (χ0) is 13.3. The Balaban J connectivity index is 0.00000121. The van der Waals surface area contributed by atoms with Gasteiger partial charge < -0.3 is 10.4 Å². The van der Waals surface area contributed by atoms with E-state index in [0.717, 1.165) is 31.5 Å². The summed E-state index contributed by atoms with van der Waals surface area (Å²) in [6, 6.07) is 3.38. The summed E-state index contributed by atoms with van der Waals surface area (Å²) >= 11 is 15.8. The number of thiol groups is 1. The second-order valence-electron chi connectivity index (χ2n) is 2.98. The molecule has 0 heterocycles. The fraction of sp³-hybridized carbons (Fsp3) is 0.364. The molecule has 3 nitrogen and oxygen atoms in total. The van der Waals surface area contributed by atoms with Crippen LogP contribution in [0.3, 0.4) is 0 Å². The minimum atomic E-state index is 0.298. The van der Waals surface area contributed by atoms with E-state index in [1.807, 2.05) is 0 Å². The minimum absolute atomic E-state index is 0.298. The van der Waals surface area contributed by atoms with Gasteiger partial charge in [0.05, 0.1) is 10.0 Å². The Morgan fingerprint density at radius 2 is 2.06 bits per heavy atom. The topological polar surface area (TPSA) is 49.3 Å². The maximum Gasteiger partial charge on any atom is 0.151 e. The first-order valence-corrected chi connectivity index (χ1v) is 6.31. The molecule has 0 saturated carbocycles. The standard InChI is InChI=1S/C10H11Cl2NOS.CH4O/c11-9-5-8(13-2-1-3-15)4-7(6-14)10(9)12;1-2/h4-6,13,15H,1-3H2;2H,1H3. The molecule has 0 aliphatic heterocycles. The van der Waals surface area contributed by atoms with Crippen molar-refractivity contribution < 1.29 is 9.90 Å². The molecule has 0 amide bonds. The third-order valence-corrected chi connectivity index (χ3v) is 2.98. The number of hydrogen-bond donors (Lipinski definition) is 3. The third kappa shape index (κ3) is 5.64. The average Bonchev–Trinajstić information content (AvgIpc) is 2.36. The number of nitrogens with one attached hydrogen (secondary N) is 1. The molecule has 96 valence electrons. The van der Waals surface area contributed by atoms with E-state index in [9.17, 15) is 4.79 Å². The second kappa shape index (κ2) is 9.59. The highest BCUT2D eigenvalue weighted by Gasteiger charge is 2.06. The van der Waals surface area contributed by atoms with Crippen LogP contribution in [-0.4, -0.2) is 30.8 Å². The summed E-state index contributed by atoms with van der Waals surface area (Å²) in [5.41, 5.74) is 1.20. The van der Waals surface area contributed by atoms with Gasteiger partial charge >= 0.3 is 0 Å². The van der Waals surface area contributed by atoms with Gasteiger partial charge in [-0.25, -0.2) is 0 Å². The Kier molecular flexibility index (Phi) is 9.36. The first-order valence-electron chi connectivity index (χ1n) is 4.92. The number of benzene rings is 1. The van der Waals surface area contributed by atoms with Crippen molar-refractivity contribution in [3.63, 3.8) is 0 Å². The monoisotopic (exact) mass is 295 g/mol. The summed E-state index contributed by atoms with van der Waals surface area (Å²) in [6.45, 7) is 0.791. The van der Waals surface area contributed by atoms with Crippen molar-refractivity contribution in [2.45, 2.75) is 6.42 Å². The largest absolute Gasteiger partial charge is 0.400 e. The van der Waals surface area contributed by atoms with Crippen molar-refractivity contribution in [1.82, 2.24) is 0 Å². The minimum Gasteiger partial charge on any atom is -0.400 e. The molecular weight excluding hydrogens is 281 g/mol. The summed E-state index contributed by atoms with van der Waals surface area (Å²) in [6.07, 6.45) is 1.64. The van der Waals surface area contributed by atoms with Gasteiger partial charge in [0.15, 0.2) is 6.29 Å². The number of anilines is 1. The quantitative estimate of drug-likeness (QED) is 0.444. The van der Waals surface area contributed by atoms with Crippen LogP contribution in [0.25, 0.3) is 0 Å². The van der Waals surface area contributed by atoms with Gasteiger partial charge in [0.25, 0.3) is 0 Å². The average molecular weight is 296 g/mol. The van der Waals surface area contributed by atoms with E-state index in [1.54, 1.807) is 12.1 Å². The number of rotatable bonds is 5. The van der Waals surface area contributed by atoms with Crippen LogP contribution < -0.4 is 5.32 Å². The number of aliphatic hydroxyl groups excluding tert-OH is 1. The zero-order valence-electron chi connectivity index (χ0n) is 9.41. The number of aliphatic hydroxyl groups is 1. The van der Waals surface area contributed by atoms with E-state index in [-0.39, 0.29) is 0 Å². The molecule has 2 N–H and O–H groups in total. The maximum absolute atomic E-state index is 10.7. The van der Waals surface area contributed by atoms with E-state index in [1.165, 1.54) is 0 Å². The zero-order valence-corrected chi connectivity index (χ0v) is 11.8. The molecule has 1 aromatic rings. The van der Waals surface area contributed by atoms with Crippen molar-refractivity contribution in [2.75, 3.05) is 24.7 Å². The van der Waals surface area contributed by atoms with E-state index >= 15 is 0 Å². The predicted molar refractivity (Wildman–Crippen MR) is 77.0 cm³/mol. The Hall–Kier alpha value is -0.420. The third-order valence-electron chi connectivity index (χ3n) is 1.85. The van der Waals surface area contributed by atoms with E-state index in [0.29, 0.717) is 21.9 Å². The Morgan fingerprint density at radius 3 is 2.59 bits per heavy atom. The lowest BCUT2D eigenvalue weighted by atomic mass is 10.2. The second-order valence-corrected chi connectivity index (χ2v) is 4.22. The lowest BCUT2D eigenvalue weighted by Crippen LogP contribution is -2.02. The first kappa shape index (κ1) is 16.6. The Bertz CT molecular complexity index is 362. The summed E-state index contributed by atoms with van der Waals surface area (Å²) in [5, 5.41) is 10.8. The van der Waals surface area contributed by atoms with Gasteiger partial charge in [-0.1, -0.05) is 23.2 Å². The van der Waals surface area contributed by atoms with Gasteiger partial charge in [-0.15, -0.1) is 0 Å². The SMILES string of the molecule is CO.O=Cc1cc(NCCCS)cc(Cl)c1Cl. The number of hydrogen-bond acceptors (Lipinski definition) is 4. The highest BCUT2D eigenvalue weighted by molar-refractivity contribution is 7.80. The molecule has 6 heteroatoms. The van der Waals surface area contributed by atoms with Crippen molar-refractivity contribution >= 4 is 47.8 Å². The number of carbonyl (C=O) groups excluding carboxylic acids is 1. The molecule has 17 heavy (non-hydrogen) atoms. The summed E-state index contributed by atoms with van der Waals surface area (Å²) < 4.78 is 0. The predicted octanol–water partition coefficient (Wildman–Crippen LogP) is 3.15. The smallest absolute Gasteiger partial charge is 0.151 e. The molecule has 0 spiro atoms. The lowest BCUT2D eigenvalue weighted by molar-refractivity contribution is 0.112. The molecule has 0 unspecified atom stereocenters. The van der Waals surface area contributed by atoms with Crippen LogP contribution in [0.15, 0.2) is 12.1 Å². The van der Waals surface area contributed by atoms with Gasteiger partial charge in [-0.3, -0.25) is 4.79 Å². The van der Waals surface area contributed by atoms with Gasteiger partial charge in [0.1, 0.15) is 0 Å². The lowest BCUT2D eigenvalue weighted by Gasteiger charge is -2.08. The van der Waals surface area contributed by atoms with Crippen LogP contribution in [0.2, 0.25) is 10.0 Å². The first-order chi connectivity index (χ1) is 8.19. The number of carbonyl (C=O) groups is 1. The molecule has 0 fully saturated rings. The Labute approximate surface area is 117 Å². The number of aldehydes is 1. The molecule has 0 bridgehead atoms. The molecule has 0 aliphatic carbocycles. The molecule has 0 saturated heterocycles. The van der Waals surface area contributed by atoms with Gasteiger partial charge in [-0.05, 0) is 24.3 Å². The highest BCUT2D eigenvalue weighted by Crippen LogP contribution is 2.28. The molecule has 1 rings (SSSR count). The van der Waals surface area contributed by atoms with Crippen LogP contribution in [0.5, 0.6) is 0 Å². The summed E-state index contributed by atoms with van der Waals surface area (Å²) in [4.78, 5) is 10.7. The van der Waals surface area contributed by atoms with Crippen LogP contribution in [0.4, 0.5) is 5.69 Å². The van der Waals surface area contributed by atoms with E-state index in [2.05, 4.69) is 17.9 Å². The maximum atomic E-state index is 10.7. The Morgan fingerprint density at radius 1 is 1.41 bits per heavy atom. The number of halogens is 2. The molecule has 0 atom stereocenters. The van der Waals surface area contributed by atoms with E-state index in [4.69, 9.17) is 28.3 Å². The van der Waals surface area contributed by atoms with Crippen LogP contribution in [-0.2, 0) is 0 Å². The fourth-order valence-corrected chi connectivity index (χ4v) is 1.65. The van der Waals surface area contributed by atoms with E-state index < -0.39 is 0 Å². The normalized spacial score (nSPS) is 9.24. The van der Waals surface area contributed by atoms with Crippen LogP contribution in [0.1, 0.15) is 16.8 Å². The van der Waals surface area contributed by atoms with Gasteiger partial charge in [0.2, 0.25) is 0 Å².